The van der Waals surface area contributed by atoms with Gasteiger partial charge >= 0.3 is 6.03 Å². The SMILES string of the molecule is CO[C@@H]1CN(C)C(=O)c2cc(NC(=O)Nc3ccccc3)ccc2OC[C@@H](C)N(CC2CC2)C[C@@H]1C. The van der Waals surface area contributed by atoms with Gasteiger partial charge in [-0.1, -0.05) is 25.1 Å². The molecule has 8 nitrogen and oxygen atoms in total. The van der Waals surface area contributed by atoms with Crippen LogP contribution in [0.3, 0.4) is 0 Å². The number of para-hydroxylation sites is 1. The van der Waals surface area contributed by atoms with Crippen LogP contribution in [0.5, 0.6) is 5.75 Å². The molecule has 1 aliphatic carbocycles. The summed E-state index contributed by atoms with van der Waals surface area (Å²) in [5.41, 5.74) is 1.61. The van der Waals surface area contributed by atoms with Crippen LogP contribution in [0.15, 0.2) is 48.5 Å². The van der Waals surface area contributed by atoms with Crippen molar-refractivity contribution in [2.45, 2.75) is 38.8 Å². The van der Waals surface area contributed by atoms with Gasteiger partial charge in [-0.05, 0) is 61.9 Å². The predicted octanol–water partition coefficient (Wildman–Crippen LogP) is 4.55. The van der Waals surface area contributed by atoms with Gasteiger partial charge in [-0.25, -0.2) is 4.79 Å². The lowest BCUT2D eigenvalue weighted by atomic mass is 10.0. The number of ether oxygens (including phenoxy) is 2. The second-order valence-electron chi connectivity index (χ2n) is 10.2. The molecule has 0 saturated heterocycles. The topological polar surface area (TPSA) is 83.1 Å². The van der Waals surface area contributed by atoms with E-state index in [2.05, 4.69) is 29.4 Å². The Labute approximate surface area is 213 Å². The zero-order valence-electron chi connectivity index (χ0n) is 21.7. The van der Waals surface area contributed by atoms with Crippen LogP contribution in [0.25, 0.3) is 0 Å². The molecule has 4 rings (SSSR count). The maximum atomic E-state index is 13.5. The summed E-state index contributed by atoms with van der Waals surface area (Å²) < 4.78 is 12.1. The van der Waals surface area contributed by atoms with Crippen LogP contribution in [-0.4, -0.2) is 74.3 Å². The Bertz CT molecular complexity index is 1040. The molecule has 2 aromatic rings. The number of carbonyl (C=O) groups excluding carboxylic acids is 2. The standard InChI is InChI=1S/C28H38N4O4/c1-19-15-32(16-21-10-11-21)20(2)18-36-25-13-12-23(30-28(34)29-22-8-6-5-7-9-22)14-24(25)27(33)31(3)17-26(19)35-4/h5-9,12-14,19-21,26H,10-11,15-18H2,1-4H3,(H2,29,30,34)/t19-,20+,26+/m0/s1. The fourth-order valence-corrected chi connectivity index (χ4v) is 4.63. The highest BCUT2D eigenvalue weighted by molar-refractivity contribution is 6.02. The van der Waals surface area contributed by atoms with Gasteiger partial charge in [-0.15, -0.1) is 0 Å². The first-order chi connectivity index (χ1) is 17.3. The Hall–Kier alpha value is -3.10. The molecule has 3 amide bonds. The zero-order chi connectivity index (χ0) is 25.7. The summed E-state index contributed by atoms with van der Waals surface area (Å²) in [6.07, 6.45) is 2.49. The number of likely N-dealkylation sites (N-methyl/N-ethyl adjacent to an activating group) is 1. The maximum absolute atomic E-state index is 13.5. The summed E-state index contributed by atoms with van der Waals surface area (Å²) in [5, 5.41) is 5.62. The van der Waals surface area contributed by atoms with Crippen molar-refractivity contribution in [2.24, 2.45) is 11.8 Å². The molecule has 0 radical (unpaired) electrons. The van der Waals surface area contributed by atoms with E-state index in [1.165, 1.54) is 12.8 Å². The summed E-state index contributed by atoms with van der Waals surface area (Å²) in [7, 11) is 3.49. The molecule has 0 unspecified atom stereocenters. The Balaban J connectivity index is 1.56. The number of benzene rings is 2. The van der Waals surface area contributed by atoms with Crippen molar-refractivity contribution in [3.8, 4) is 5.75 Å². The summed E-state index contributed by atoms with van der Waals surface area (Å²) in [5.74, 6) is 1.36. The fraction of sp³-hybridized carbons (Fsp3) is 0.500. The minimum absolute atomic E-state index is 0.0883. The first-order valence-corrected chi connectivity index (χ1v) is 12.8. The van der Waals surface area contributed by atoms with Crippen molar-refractivity contribution in [3.05, 3.63) is 54.1 Å². The van der Waals surface area contributed by atoms with Crippen molar-refractivity contribution >= 4 is 23.3 Å². The molecule has 3 atom stereocenters. The molecule has 1 heterocycles. The molecule has 0 aromatic heterocycles. The lowest BCUT2D eigenvalue weighted by molar-refractivity contribution is 0.00994. The predicted molar refractivity (Wildman–Crippen MR) is 142 cm³/mol. The maximum Gasteiger partial charge on any atom is 0.323 e. The molecular weight excluding hydrogens is 456 g/mol. The number of hydrogen-bond donors (Lipinski definition) is 2. The van der Waals surface area contributed by atoms with E-state index in [1.54, 1.807) is 37.3 Å². The number of methoxy groups -OCH3 is 1. The van der Waals surface area contributed by atoms with E-state index in [4.69, 9.17) is 9.47 Å². The minimum Gasteiger partial charge on any atom is -0.491 e. The van der Waals surface area contributed by atoms with E-state index in [-0.39, 0.29) is 30.0 Å². The lowest BCUT2D eigenvalue weighted by Crippen LogP contribution is -2.47. The van der Waals surface area contributed by atoms with Gasteiger partial charge in [0.15, 0.2) is 0 Å². The molecule has 1 fully saturated rings. The molecule has 0 bridgehead atoms. The molecule has 0 spiro atoms. The van der Waals surface area contributed by atoms with E-state index < -0.39 is 0 Å². The zero-order valence-corrected chi connectivity index (χ0v) is 21.7. The highest BCUT2D eigenvalue weighted by Crippen LogP contribution is 2.32. The Morgan fingerprint density at radius 3 is 2.47 bits per heavy atom. The molecular formula is C28H38N4O4. The normalized spacial score (nSPS) is 23.6. The van der Waals surface area contributed by atoms with Gasteiger partial charge in [-0.2, -0.15) is 0 Å². The quantitative estimate of drug-likeness (QED) is 0.637. The van der Waals surface area contributed by atoms with Crippen molar-refractivity contribution in [3.63, 3.8) is 0 Å². The molecule has 8 heteroatoms. The van der Waals surface area contributed by atoms with Crippen molar-refractivity contribution < 1.29 is 19.1 Å². The first-order valence-electron chi connectivity index (χ1n) is 12.8. The lowest BCUT2D eigenvalue weighted by Gasteiger charge is -2.36. The summed E-state index contributed by atoms with van der Waals surface area (Å²) in [6, 6.07) is 14.2. The highest BCUT2D eigenvalue weighted by Gasteiger charge is 2.31. The van der Waals surface area contributed by atoms with Crippen LogP contribution >= 0.6 is 0 Å². The van der Waals surface area contributed by atoms with E-state index in [1.807, 2.05) is 30.3 Å². The number of anilines is 2. The first kappa shape index (κ1) is 26.0. The third kappa shape index (κ3) is 6.77. The van der Waals surface area contributed by atoms with Gasteiger partial charge in [0.1, 0.15) is 12.4 Å². The largest absolute Gasteiger partial charge is 0.491 e. The highest BCUT2D eigenvalue weighted by atomic mass is 16.5. The second-order valence-corrected chi connectivity index (χ2v) is 10.2. The molecule has 1 saturated carbocycles. The summed E-state index contributed by atoms with van der Waals surface area (Å²) >= 11 is 0. The Morgan fingerprint density at radius 1 is 1.06 bits per heavy atom. The molecule has 2 aliphatic rings. The average Bonchev–Trinajstić information content (AvgIpc) is 3.69. The number of nitrogens with zero attached hydrogens (tertiary/aromatic N) is 2. The molecule has 1 aliphatic heterocycles. The van der Waals surface area contributed by atoms with E-state index >= 15 is 0 Å². The van der Waals surface area contributed by atoms with Gasteiger partial charge in [0.25, 0.3) is 5.91 Å². The third-order valence-corrected chi connectivity index (χ3v) is 7.05. The number of amides is 3. The Kier molecular flexibility index (Phi) is 8.48. The van der Waals surface area contributed by atoms with Gasteiger partial charge in [0.2, 0.25) is 0 Å². The van der Waals surface area contributed by atoms with Crippen LogP contribution < -0.4 is 15.4 Å². The van der Waals surface area contributed by atoms with Crippen LogP contribution in [0.1, 0.15) is 37.0 Å². The van der Waals surface area contributed by atoms with E-state index in [0.717, 1.165) is 19.0 Å². The van der Waals surface area contributed by atoms with E-state index in [9.17, 15) is 9.59 Å². The van der Waals surface area contributed by atoms with Gasteiger partial charge in [0.05, 0.1) is 11.7 Å². The minimum atomic E-state index is -0.381. The number of rotatable bonds is 5. The van der Waals surface area contributed by atoms with Gasteiger partial charge < -0.3 is 25.0 Å². The number of hydrogen-bond acceptors (Lipinski definition) is 5. The fourth-order valence-electron chi connectivity index (χ4n) is 4.63. The van der Waals surface area contributed by atoms with Crippen molar-refractivity contribution in [2.75, 3.05) is 51.0 Å². The van der Waals surface area contributed by atoms with Crippen LogP contribution in [0.2, 0.25) is 0 Å². The third-order valence-electron chi connectivity index (χ3n) is 7.05. The number of fused-ring (bicyclic) bond motifs is 1. The molecule has 36 heavy (non-hydrogen) atoms. The smallest absolute Gasteiger partial charge is 0.323 e. The Morgan fingerprint density at radius 2 is 1.78 bits per heavy atom. The number of nitrogens with one attached hydrogen (secondary N) is 2. The van der Waals surface area contributed by atoms with Gasteiger partial charge in [-0.3, -0.25) is 9.69 Å². The molecule has 2 aromatic carbocycles. The summed E-state index contributed by atoms with van der Waals surface area (Å²) in [6.45, 7) is 7.27. The molecule has 2 N–H and O–H groups in total. The van der Waals surface area contributed by atoms with Crippen LogP contribution in [0, 0.1) is 11.8 Å². The van der Waals surface area contributed by atoms with Crippen molar-refractivity contribution in [1.29, 1.82) is 0 Å². The molecule has 194 valence electrons. The van der Waals surface area contributed by atoms with Gasteiger partial charge in [0, 0.05) is 51.2 Å². The summed E-state index contributed by atoms with van der Waals surface area (Å²) in [4.78, 5) is 30.2. The average molecular weight is 495 g/mol. The van der Waals surface area contributed by atoms with Crippen LogP contribution in [0.4, 0.5) is 16.2 Å². The van der Waals surface area contributed by atoms with E-state index in [0.29, 0.717) is 35.8 Å². The van der Waals surface area contributed by atoms with Crippen LogP contribution in [-0.2, 0) is 4.74 Å². The number of carbonyl (C=O) groups is 2. The second kappa shape index (κ2) is 11.8. The van der Waals surface area contributed by atoms with Crippen molar-refractivity contribution in [1.82, 2.24) is 9.80 Å². The number of urea groups is 1. The monoisotopic (exact) mass is 494 g/mol.